The average molecular weight is 315 g/mol. The van der Waals surface area contributed by atoms with E-state index in [0.29, 0.717) is 18.8 Å². The number of carboxylic acid groups (broad SMARTS) is 1. The van der Waals surface area contributed by atoms with E-state index in [1.807, 2.05) is 0 Å². The van der Waals surface area contributed by atoms with Gasteiger partial charge in [-0.15, -0.1) is 0 Å². The predicted molar refractivity (Wildman–Crippen MR) is 70.7 cm³/mol. The number of aliphatic carboxylic acids is 1. The molecule has 1 heterocycles. The first-order valence-corrected chi connectivity index (χ1v) is 7.05. The number of rotatable bonds is 10. The number of epoxide rings is 1. The highest BCUT2D eigenvalue weighted by atomic mass is 19.3. The molecule has 1 aromatic rings. The molecule has 1 unspecified atom stereocenters. The zero-order valence-corrected chi connectivity index (χ0v) is 11.9. The molecule has 1 atom stereocenters. The quantitative estimate of drug-likeness (QED) is 0.486. The second kappa shape index (κ2) is 7.40. The minimum Gasteiger partial charge on any atom is -0.547 e. The van der Waals surface area contributed by atoms with Crippen molar-refractivity contribution in [2.75, 3.05) is 13.2 Å². The van der Waals surface area contributed by atoms with E-state index in [4.69, 9.17) is 9.47 Å². The van der Waals surface area contributed by atoms with Gasteiger partial charge in [-0.05, 0) is 49.9 Å². The van der Waals surface area contributed by atoms with Crippen LogP contribution in [0, 0.1) is 0 Å². The molecule has 1 aromatic carbocycles. The Bertz CT molecular complexity index is 485. The van der Waals surface area contributed by atoms with E-state index < -0.39 is 18.2 Å². The standard InChI is InChI=1S/C15H18F2O5/c16-14(17)22-12-6-4-11(5-7-12)20-9-3-1-2-8-15(10-21-15)13(18)19/h4-7,14H,1-3,8-10H2,(H,18,19)/p-1. The maximum atomic E-state index is 12.0. The molecule has 7 heteroatoms. The van der Waals surface area contributed by atoms with Crippen LogP contribution < -0.4 is 14.6 Å². The van der Waals surface area contributed by atoms with Gasteiger partial charge in [-0.3, -0.25) is 0 Å². The van der Waals surface area contributed by atoms with Crippen LogP contribution in [0.25, 0.3) is 0 Å². The normalized spacial score (nSPS) is 20.0. The topological polar surface area (TPSA) is 71.1 Å². The molecule has 0 radical (unpaired) electrons. The summed E-state index contributed by atoms with van der Waals surface area (Å²) in [6, 6.07) is 5.94. The Hall–Kier alpha value is -1.89. The van der Waals surface area contributed by atoms with Gasteiger partial charge in [0.05, 0.1) is 19.2 Å². The number of benzene rings is 1. The van der Waals surface area contributed by atoms with E-state index in [1.165, 1.54) is 12.1 Å². The highest BCUT2D eigenvalue weighted by molar-refractivity contribution is 5.78. The van der Waals surface area contributed by atoms with Crippen molar-refractivity contribution in [3.05, 3.63) is 24.3 Å². The first-order valence-electron chi connectivity index (χ1n) is 7.05. The first-order chi connectivity index (χ1) is 10.5. The minimum absolute atomic E-state index is 0.0827. The molecule has 0 bridgehead atoms. The Kier molecular flexibility index (Phi) is 5.54. The third kappa shape index (κ3) is 4.84. The van der Waals surface area contributed by atoms with E-state index in [9.17, 15) is 18.7 Å². The highest BCUT2D eigenvalue weighted by Gasteiger charge is 2.45. The Morgan fingerprint density at radius 2 is 1.86 bits per heavy atom. The largest absolute Gasteiger partial charge is 0.547 e. The van der Waals surface area contributed by atoms with E-state index in [2.05, 4.69) is 4.74 Å². The molecular weight excluding hydrogens is 298 g/mol. The Labute approximate surface area is 126 Å². The molecule has 0 saturated carbocycles. The van der Waals surface area contributed by atoms with Crippen molar-refractivity contribution in [3.63, 3.8) is 0 Å². The number of hydrogen-bond donors (Lipinski definition) is 0. The Balaban J connectivity index is 1.58. The lowest BCUT2D eigenvalue weighted by Crippen LogP contribution is -2.38. The third-order valence-electron chi connectivity index (χ3n) is 3.41. The summed E-state index contributed by atoms with van der Waals surface area (Å²) in [4.78, 5) is 10.8. The van der Waals surface area contributed by atoms with Crippen LogP contribution in [0.3, 0.4) is 0 Å². The zero-order valence-electron chi connectivity index (χ0n) is 11.9. The number of alkyl halides is 2. The van der Waals surface area contributed by atoms with Crippen LogP contribution in [-0.4, -0.2) is 31.4 Å². The molecule has 1 saturated heterocycles. The molecular formula is C15H17F2O5-. The van der Waals surface area contributed by atoms with Crippen molar-refractivity contribution >= 4 is 5.97 Å². The van der Waals surface area contributed by atoms with Crippen LogP contribution in [0.4, 0.5) is 8.78 Å². The number of hydrogen-bond acceptors (Lipinski definition) is 5. The molecule has 2 rings (SSSR count). The maximum Gasteiger partial charge on any atom is 0.387 e. The molecule has 0 amide bonds. The Morgan fingerprint density at radius 1 is 1.23 bits per heavy atom. The van der Waals surface area contributed by atoms with Gasteiger partial charge in [0, 0.05) is 0 Å². The van der Waals surface area contributed by atoms with Crippen molar-refractivity contribution in [3.8, 4) is 11.5 Å². The second-order valence-electron chi connectivity index (χ2n) is 5.08. The van der Waals surface area contributed by atoms with Crippen molar-refractivity contribution in [1.29, 1.82) is 0 Å². The molecule has 122 valence electrons. The number of carbonyl (C=O) groups is 1. The van der Waals surface area contributed by atoms with Gasteiger partial charge in [0.1, 0.15) is 17.1 Å². The third-order valence-corrected chi connectivity index (χ3v) is 3.41. The van der Waals surface area contributed by atoms with Crippen LogP contribution in [-0.2, 0) is 9.53 Å². The van der Waals surface area contributed by atoms with Crippen LogP contribution >= 0.6 is 0 Å². The summed E-state index contributed by atoms with van der Waals surface area (Å²) in [6.45, 7) is -2.14. The SMILES string of the molecule is O=C([O-])C1(CCCCCOc2ccc(OC(F)F)cc2)CO1. The van der Waals surface area contributed by atoms with Crippen LogP contribution in [0.15, 0.2) is 24.3 Å². The van der Waals surface area contributed by atoms with Crippen LogP contribution in [0.5, 0.6) is 11.5 Å². The smallest absolute Gasteiger partial charge is 0.387 e. The molecule has 0 N–H and O–H groups in total. The highest BCUT2D eigenvalue weighted by Crippen LogP contribution is 2.32. The number of ether oxygens (including phenoxy) is 3. The fourth-order valence-electron chi connectivity index (χ4n) is 2.05. The van der Waals surface area contributed by atoms with Gasteiger partial charge < -0.3 is 24.1 Å². The summed E-state index contributed by atoms with van der Waals surface area (Å²) in [6.07, 6.45) is 2.75. The summed E-state index contributed by atoms with van der Waals surface area (Å²) in [5, 5.41) is 10.8. The summed E-state index contributed by atoms with van der Waals surface area (Å²) < 4.78 is 38.6. The average Bonchev–Trinajstić information content (AvgIpc) is 3.25. The second-order valence-corrected chi connectivity index (χ2v) is 5.08. The summed E-state index contributed by atoms with van der Waals surface area (Å²) in [5.41, 5.74) is -1.05. The molecule has 0 aromatic heterocycles. The molecule has 1 fully saturated rings. The van der Waals surface area contributed by atoms with E-state index >= 15 is 0 Å². The molecule has 1 aliphatic rings. The van der Waals surface area contributed by atoms with Crippen molar-refractivity contribution in [1.82, 2.24) is 0 Å². The number of unbranched alkanes of at least 4 members (excludes halogenated alkanes) is 2. The summed E-state index contributed by atoms with van der Waals surface area (Å²) in [5.74, 6) is -0.493. The monoisotopic (exact) mass is 315 g/mol. The van der Waals surface area contributed by atoms with E-state index in [-0.39, 0.29) is 12.4 Å². The van der Waals surface area contributed by atoms with Crippen LogP contribution in [0.1, 0.15) is 25.7 Å². The number of carboxylic acids is 1. The molecule has 0 aliphatic carbocycles. The molecule has 1 aliphatic heterocycles. The lowest BCUT2D eigenvalue weighted by atomic mass is 10.0. The minimum atomic E-state index is -2.84. The maximum absolute atomic E-state index is 12.0. The molecule has 0 spiro atoms. The number of carbonyl (C=O) groups excluding carboxylic acids is 1. The van der Waals surface area contributed by atoms with Gasteiger partial charge in [-0.25, -0.2) is 0 Å². The summed E-state index contributed by atoms with van der Waals surface area (Å²) in [7, 11) is 0. The van der Waals surface area contributed by atoms with E-state index in [1.54, 1.807) is 12.1 Å². The van der Waals surface area contributed by atoms with Crippen LogP contribution in [0.2, 0.25) is 0 Å². The fourth-order valence-corrected chi connectivity index (χ4v) is 2.05. The first kappa shape index (κ1) is 16.5. The number of halogens is 2. The van der Waals surface area contributed by atoms with Gasteiger partial charge in [0.15, 0.2) is 0 Å². The zero-order chi connectivity index (χ0) is 16.0. The van der Waals surface area contributed by atoms with Gasteiger partial charge >= 0.3 is 6.61 Å². The molecule has 5 nitrogen and oxygen atoms in total. The van der Waals surface area contributed by atoms with E-state index in [0.717, 1.165) is 19.3 Å². The van der Waals surface area contributed by atoms with Gasteiger partial charge in [-0.2, -0.15) is 8.78 Å². The molecule has 22 heavy (non-hydrogen) atoms. The lowest BCUT2D eigenvalue weighted by Gasteiger charge is -2.12. The lowest BCUT2D eigenvalue weighted by molar-refractivity contribution is -0.312. The Morgan fingerprint density at radius 3 is 2.41 bits per heavy atom. The van der Waals surface area contributed by atoms with Gasteiger partial charge in [0.25, 0.3) is 0 Å². The van der Waals surface area contributed by atoms with Crippen molar-refractivity contribution in [2.45, 2.75) is 37.9 Å². The van der Waals surface area contributed by atoms with Crippen molar-refractivity contribution < 1.29 is 32.9 Å². The van der Waals surface area contributed by atoms with Gasteiger partial charge in [-0.1, -0.05) is 0 Å². The predicted octanol–water partition coefficient (Wildman–Crippen LogP) is 1.75. The van der Waals surface area contributed by atoms with Crippen molar-refractivity contribution in [2.24, 2.45) is 0 Å². The summed E-state index contributed by atoms with van der Waals surface area (Å²) >= 11 is 0. The fraction of sp³-hybridized carbons (Fsp3) is 0.533. The van der Waals surface area contributed by atoms with Gasteiger partial charge in [0.2, 0.25) is 0 Å².